The molecule has 0 unspecified atom stereocenters. The molecule has 0 saturated heterocycles. The highest BCUT2D eigenvalue weighted by atomic mass is 79.9. The van der Waals surface area contributed by atoms with Gasteiger partial charge in [0, 0.05) is 22.8 Å². The molecule has 7 heteroatoms. The number of hydrogen-bond donors (Lipinski definition) is 1. The molecule has 1 N–H and O–H groups in total. The monoisotopic (exact) mass is 355 g/mol. The van der Waals surface area contributed by atoms with E-state index in [0.717, 1.165) is 10.0 Å². The van der Waals surface area contributed by atoms with Crippen molar-refractivity contribution in [3.63, 3.8) is 0 Å². The first-order valence-electron chi connectivity index (χ1n) is 5.67. The van der Waals surface area contributed by atoms with Crippen molar-refractivity contribution in [1.29, 1.82) is 0 Å². The fraction of sp³-hybridized carbons (Fsp3) is 0.154. The molecule has 0 aliphatic carbocycles. The molecule has 1 heterocycles. The Kier molecular flexibility index (Phi) is 5.05. The highest BCUT2D eigenvalue weighted by Gasteiger charge is 2.12. The standard InChI is InChI=1S/C13H11BrClN3O2/c1-20-7-8-9(14)3-2-4-10(8)18-13(19)11-5-17-12(15)6-16-11/h2-6H,7H2,1H3,(H,18,19). The predicted molar refractivity (Wildman–Crippen MR) is 79.9 cm³/mol. The molecule has 2 rings (SSSR count). The Morgan fingerprint density at radius 3 is 2.85 bits per heavy atom. The number of hydrogen-bond acceptors (Lipinski definition) is 4. The highest BCUT2D eigenvalue weighted by molar-refractivity contribution is 9.10. The quantitative estimate of drug-likeness (QED) is 0.913. The second-order valence-electron chi connectivity index (χ2n) is 3.88. The number of methoxy groups -OCH3 is 1. The number of rotatable bonds is 4. The second-order valence-corrected chi connectivity index (χ2v) is 5.12. The lowest BCUT2D eigenvalue weighted by atomic mass is 10.2. The molecule has 0 aliphatic rings. The van der Waals surface area contributed by atoms with E-state index in [1.54, 1.807) is 13.2 Å². The number of carbonyl (C=O) groups is 1. The summed E-state index contributed by atoms with van der Waals surface area (Å²) in [6, 6.07) is 5.50. The molecule has 1 amide bonds. The number of aromatic nitrogens is 2. The first-order valence-corrected chi connectivity index (χ1v) is 6.84. The van der Waals surface area contributed by atoms with Crippen LogP contribution in [0.4, 0.5) is 5.69 Å². The Bertz CT molecular complexity index is 620. The molecule has 0 spiro atoms. The summed E-state index contributed by atoms with van der Waals surface area (Å²) in [6.07, 6.45) is 2.65. The molecular weight excluding hydrogens is 346 g/mol. The number of nitrogens with one attached hydrogen (secondary N) is 1. The number of halogens is 2. The Balaban J connectivity index is 2.23. The molecule has 1 aromatic heterocycles. The van der Waals surface area contributed by atoms with Crippen molar-refractivity contribution in [2.75, 3.05) is 12.4 Å². The zero-order valence-corrected chi connectivity index (χ0v) is 12.9. The van der Waals surface area contributed by atoms with Gasteiger partial charge in [0.25, 0.3) is 5.91 Å². The number of ether oxygens (including phenoxy) is 1. The summed E-state index contributed by atoms with van der Waals surface area (Å²) in [5.74, 6) is -0.357. The molecule has 20 heavy (non-hydrogen) atoms. The molecule has 5 nitrogen and oxygen atoms in total. The molecule has 0 saturated carbocycles. The number of benzene rings is 1. The molecule has 104 valence electrons. The van der Waals surface area contributed by atoms with Crippen LogP contribution in [0.1, 0.15) is 16.1 Å². The minimum absolute atomic E-state index is 0.192. The number of amides is 1. The van der Waals surface area contributed by atoms with Crippen LogP contribution >= 0.6 is 27.5 Å². The fourth-order valence-corrected chi connectivity index (χ4v) is 2.16. The van der Waals surface area contributed by atoms with Gasteiger partial charge in [-0.1, -0.05) is 33.6 Å². The fourth-order valence-electron chi connectivity index (χ4n) is 1.58. The number of carbonyl (C=O) groups excluding carboxylic acids is 1. The van der Waals surface area contributed by atoms with E-state index in [1.807, 2.05) is 12.1 Å². The van der Waals surface area contributed by atoms with E-state index in [2.05, 4.69) is 31.2 Å². The third-order valence-corrected chi connectivity index (χ3v) is 3.45. The predicted octanol–water partition coefficient (Wildman–Crippen LogP) is 3.29. The van der Waals surface area contributed by atoms with Gasteiger partial charge in [0.2, 0.25) is 0 Å². The molecule has 0 atom stereocenters. The van der Waals surface area contributed by atoms with E-state index in [0.29, 0.717) is 12.3 Å². The van der Waals surface area contributed by atoms with Crippen molar-refractivity contribution in [2.45, 2.75) is 6.61 Å². The topological polar surface area (TPSA) is 64.1 Å². The van der Waals surface area contributed by atoms with Crippen LogP contribution in [-0.4, -0.2) is 23.0 Å². The van der Waals surface area contributed by atoms with Gasteiger partial charge in [-0.05, 0) is 12.1 Å². The van der Waals surface area contributed by atoms with Crippen LogP contribution < -0.4 is 5.32 Å². The van der Waals surface area contributed by atoms with Crippen LogP contribution in [0.2, 0.25) is 5.15 Å². The summed E-state index contributed by atoms with van der Waals surface area (Å²) in [4.78, 5) is 19.8. The van der Waals surface area contributed by atoms with Crippen LogP contribution in [0.5, 0.6) is 0 Å². The Labute approximate surface area is 129 Å². The van der Waals surface area contributed by atoms with Crippen molar-refractivity contribution in [3.8, 4) is 0 Å². The average Bonchev–Trinajstić information content (AvgIpc) is 2.43. The molecule has 1 aromatic carbocycles. The second kappa shape index (κ2) is 6.78. The van der Waals surface area contributed by atoms with Crippen LogP contribution in [0.25, 0.3) is 0 Å². The average molecular weight is 357 g/mol. The van der Waals surface area contributed by atoms with E-state index in [1.165, 1.54) is 12.4 Å². The van der Waals surface area contributed by atoms with Crippen molar-refractivity contribution in [1.82, 2.24) is 9.97 Å². The summed E-state index contributed by atoms with van der Waals surface area (Å²) in [5, 5.41) is 3.02. The smallest absolute Gasteiger partial charge is 0.275 e. The first kappa shape index (κ1) is 14.9. The number of nitrogens with zero attached hydrogens (tertiary/aromatic N) is 2. The molecule has 0 bridgehead atoms. The molecule has 2 aromatic rings. The van der Waals surface area contributed by atoms with Gasteiger partial charge in [0.15, 0.2) is 0 Å². The van der Waals surface area contributed by atoms with E-state index in [-0.39, 0.29) is 16.8 Å². The molecule has 0 radical (unpaired) electrons. The maximum absolute atomic E-state index is 12.1. The SMILES string of the molecule is COCc1c(Br)cccc1NC(=O)c1cnc(Cl)cn1. The van der Waals surface area contributed by atoms with E-state index in [4.69, 9.17) is 16.3 Å². The van der Waals surface area contributed by atoms with Gasteiger partial charge in [-0.15, -0.1) is 0 Å². The zero-order chi connectivity index (χ0) is 14.5. The molecule has 0 fully saturated rings. The van der Waals surface area contributed by atoms with Gasteiger partial charge >= 0.3 is 0 Å². The van der Waals surface area contributed by atoms with Crippen molar-refractivity contribution >= 4 is 39.1 Å². The van der Waals surface area contributed by atoms with Gasteiger partial charge in [-0.25, -0.2) is 9.97 Å². The molecule has 0 aliphatic heterocycles. The van der Waals surface area contributed by atoms with Gasteiger partial charge in [0.05, 0.1) is 19.0 Å². The number of anilines is 1. The third-order valence-electron chi connectivity index (χ3n) is 2.51. The van der Waals surface area contributed by atoms with Crippen LogP contribution in [0, 0.1) is 0 Å². The lowest BCUT2D eigenvalue weighted by Gasteiger charge is -2.11. The summed E-state index contributed by atoms with van der Waals surface area (Å²) in [5.41, 5.74) is 1.70. The normalized spacial score (nSPS) is 10.3. The Morgan fingerprint density at radius 1 is 1.40 bits per heavy atom. The van der Waals surface area contributed by atoms with E-state index >= 15 is 0 Å². The maximum atomic E-state index is 12.1. The highest BCUT2D eigenvalue weighted by Crippen LogP contribution is 2.25. The Morgan fingerprint density at radius 2 is 2.20 bits per heavy atom. The van der Waals surface area contributed by atoms with Gasteiger partial charge in [0.1, 0.15) is 10.8 Å². The van der Waals surface area contributed by atoms with Crippen LogP contribution in [0.3, 0.4) is 0 Å². The van der Waals surface area contributed by atoms with Crippen molar-refractivity contribution in [2.24, 2.45) is 0 Å². The van der Waals surface area contributed by atoms with Gasteiger partial charge < -0.3 is 10.1 Å². The summed E-state index contributed by atoms with van der Waals surface area (Å²) >= 11 is 9.06. The van der Waals surface area contributed by atoms with E-state index < -0.39 is 0 Å². The minimum Gasteiger partial charge on any atom is -0.380 e. The summed E-state index contributed by atoms with van der Waals surface area (Å²) in [6.45, 7) is 0.378. The van der Waals surface area contributed by atoms with E-state index in [9.17, 15) is 4.79 Å². The largest absolute Gasteiger partial charge is 0.380 e. The maximum Gasteiger partial charge on any atom is 0.275 e. The van der Waals surface area contributed by atoms with Gasteiger partial charge in [-0.3, -0.25) is 4.79 Å². The Hall–Kier alpha value is -1.50. The van der Waals surface area contributed by atoms with Crippen LogP contribution in [-0.2, 0) is 11.3 Å². The zero-order valence-electron chi connectivity index (χ0n) is 10.6. The third kappa shape index (κ3) is 3.53. The first-order chi connectivity index (χ1) is 9.61. The lowest BCUT2D eigenvalue weighted by Crippen LogP contribution is -2.15. The lowest BCUT2D eigenvalue weighted by molar-refractivity contribution is 0.102. The summed E-state index contributed by atoms with van der Waals surface area (Å²) in [7, 11) is 1.59. The van der Waals surface area contributed by atoms with Gasteiger partial charge in [-0.2, -0.15) is 0 Å². The van der Waals surface area contributed by atoms with Crippen LogP contribution in [0.15, 0.2) is 35.1 Å². The minimum atomic E-state index is -0.357. The van der Waals surface area contributed by atoms with Crippen molar-refractivity contribution in [3.05, 3.63) is 51.5 Å². The molecular formula is C13H11BrClN3O2. The summed E-state index contributed by atoms with van der Waals surface area (Å²) < 4.78 is 5.99. The van der Waals surface area contributed by atoms with Crippen molar-refractivity contribution < 1.29 is 9.53 Å².